The van der Waals surface area contributed by atoms with Crippen LogP contribution in [0.2, 0.25) is 0 Å². The van der Waals surface area contributed by atoms with Gasteiger partial charge in [0.15, 0.2) is 5.58 Å². The Morgan fingerprint density at radius 1 is 0.750 bits per heavy atom. The molecule has 2 N–H and O–H groups in total. The van der Waals surface area contributed by atoms with Crippen molar-refractivity contribution >= 4 is 28.5 Å². The monoisotopic (exact) mass is 314 g/mol. The summed E-state index contributed by atoms with van der Waals surface area (Å²) in [7, 11) is 0. The Hall–Kier alpha value is -3.47. The Labute approximate surface area is 138 Å². The molecule has 0 unspecified atom stereocenters. The molecule has 0 bridgehead atoms. The van der Waals surface area contributed by atoms with E-state index in [1.165, 1.54) is 0 Å². The largest absolute Gasteiger partial charge is 0.424 e. The Balaban J connectivity index is 1.65. The molecule has 4 rings (SSSR count). The number of rotatable bonds is 3. The van der Waals surface area contributed by atoms with E-state index in [9.17, 15) is 0 Å². The standard InChI is InChI=1S/C19H14N4O/c20-19-21-18-16(7-4-8-17(18)24-19)13-9-11-15(12-10-13)23-22-14-5-2-1-3-6-14/h1-12H,(H2,20,21). The van der Waals surface area contributed by atoms with Gasteiger partial charge in [0.1, 0.15) is 5.52 Å². The fourth-order valence-electron chi connectivity index (χ4n) is 2.52. The van der Waals surface area contributed by atoms with Crippen molar-refractivity contribution in [1.82, 2.24) is 4.98 Å². The summed E-state index contributed by atoms with van der Waals surface area (Å²) in [6.07, 6.45) is 0. The van der Waals surface area contributed by atoms with Crippen molar-refractivity contribution < 1.29 is 4.42 Å². The van der Waals surface area contributed by atoms with Gasteiger partial charge in [-0.2, -0.15) is 15.2 Å². The molecule has 0 atom stereocenters. The van der Waals surface area contributed by atoms with E-state index in [-0.39, 0.29) is 6.01 Å². The number of para-hydroxylation sites is 1. The summed E-state index contributed by atoms with van der Waals surface area (Å²) in [6, 6.07) is 23.4. The first-order valence-electron chi connectivity index (χ1n) is 7.52. The first-order valence-corrected chi connectivity index (χ1v) is 7.52. The molecule has 0 saturated carbocycles. The summed E-state index contributed by atoms with van der Waals surface area (Å²) in [4.78, 5) is 4.26. The van der Waals surface area contributed by atoms with Crippen molar-refractivity contribution in [2.45, 2.75) is 0 Å². The number of hydrogen-bond donors (Lipinski definition) is 1. The minimum absolute atomic E-state index is 0.172. The second-order valence-electron chi connectivity index (χ2n) is 5.29. The maximum absolute atomic E-state index is 5.65. The lowest BCUT2D eigenvalue weighted by Crippen LogP contribution is -1.83. The zero-order valence-electron chi connectivity index (χ0n) is 12.8. The zero-order valence-corrected chi connectivity index (χ0v) is 12.8. The van der Waals surface area contributed by atoms with E-state index in [0.717, 1.165) is 28.0 Å². The summed E-state index contributed by atoms with van der Waals surface area (Å²) in [6.45, 7) is 0. The van der Waals surface area contributed by atoms with Crippen LogP contribution in [0.25, 0.3) is 22.2 Å². The van der Waals surface area contributed by atoms with Gasteiger partial charge in [-0.25, -0.2) is 0 Å². The van der Waals surface area contributed by atoms with Crippen LogP contribution in [0.3, 0.4) is 0 Å². The predicted octanol–water partition coefficient (Wildman–Crippen LogP) is 5.49. The normalized spacial score (nSPS) is 11.3. The third-order valence-electron chi connectivity index (χ3n) is 3.65. The van der Waals surface area contributed by atoms with Crippen molar-refractivity contribution in [2.75, 3.05) is 5.73 Å². The number of benzene rings is 3. The fraction of sp³-hybridized carbons (Fsp3) is 0. The third-order valence-corrected chi connectivity index (χ3v) is 3.65. The molecular weight excluding hydrogens is 300 g/mol. The topological polar surface area (TPSA) is 76.8 Å². The lowest BCUT2D eigenvalue weighted by Gasteiger charge is -2.02. The second-order valence-corrected chi connectivity index (χ2v) is 5.29. The SMILES string of the molecule is Nc1nc2c(-c3ccc(N=Nc4ccccc4)cc3)cccc2o1. The fourth-order valence-corrected chi connectivity index (χ4v) is 2.52. The van der Waals surface area contributed by atoms with E-state index < -0.39 is 0 Å². The van der Waals surface area contributed by atoms with E-state index in [1.54, 1.807) is 0 Å². The number of azo groups is 1. The number of anilines is 1. The minimum Gasteiger partial charge on any atom is -0.424 e. The molecule has 0 amide bonds. The van der Waals surface area contributed by atoms with Crippen LogP contribution < -0.4 is 5.73 Å². The molecule has 116 valence electrons. The first-order chi connectivity index (χ1) is 11.8. The average molecular weight is 314 g/mol. The molecule has 0 fully saturated rings. The zero-order chi connectivity index (χ0) is 16.4. The minimum atomic E-state index is 0.172. The van der Waals surface area contributed by atoms with Gasteiger partial charge in [0.05, 0.1) is 11.4 Å². The highest BCUT2D eigenvalue weighted by molar-refractivity contribution is 5.91. The molecule has 0 saturated heterocycles. The third kappa shape index (κ3) is 2.75. The van der Waals surface area contributed by atoms with Crippen molar-refractivity contribution in [3.63, 3.8) is 0 Å². The van der Waals surface area contributed by atoms with Gasteiger partial charge < -0.3 is 10.2 Å². The summed E-state index contributed by atoms with van der Waals surface area (Å²) in [5, 5.41) is 8.46. The predicted molar refractivity (Wildman–Crippen MR) is 94.5 cm³/mol. The first kappa shape index (κ1) is 14.1. The second kappa shape index (κ2) is 5.96. The van der Waals surface area contributed by atoms with Crippen LogP contribution in [0.15, 0.2) is 87.4 Å². The number of nitrogens with zero attached hydrogens (tertiary/aromatic N) is 3. The Morgan fingerprint density at radius 2 is 1.46 bits per heavy atom. The lowest BCUT2D eigenvalue weighted by molar-refractivity contribution is 0.626. The van der Waals surface area contributed by atoms with Gasteiger partial charge in [-0.15, -0.1) is 0 Å². The molecule has 4 aromatic rings. The molecule has 0 spiro atoms. The van der Waals surface area contributed by atoms with Crippen molar-refractivity contribution in [1.29, 1.82) is 0 Å². The van der Waals surface area contributed by atoms with E-state index in [1.807, 2.05) is 72.8 Å². The Kier molecular flexibility index (Phi) is 3.51. The van der Waals surface area contributed by atoms with Gasteiger partial charge >= 0.3 is 0 Å². The maximum Gasteiger partial charge on any atom is 0.293 e. The summed E-state index contributed by atoms with van der Waals surface area (Å²) >= 11 is 0. The Morgan fingerprint density at radius 3 is 2.21 bits per heavy atom. The summed E-state index contributed by atoms with van der Waals surface area (Å²) < 4.78 is 5.37. The lowest BCUT2D eigenvalue weighted by atomic mass is 10.0. The van der Waals surface area contributed by atoms with Crippen LogP contribution in [0, 0.1) is 0 Å². The van der Waals surface area contributed by atoms with Crippen LogP contribution in [-0.4, -0.2) is 4.98 Å². The van der Waals surface area contributed by atoms with Gasteiger partial charge in [-0.3, -0.25) is 0 Å². The molecule has 5 heteroatoms. The molecule has 24 heavy (non-hydrogen) atoms. The van der Waals surface area contributed by atoms with Gasteiger partial charge in [0.2, 0.25) is 0 Å². The number of nitrogens with two attached hydrogens (primary N) is 1. The highest BCUT2D eigenvalue weighted by Gasteiger charge is 2.09. The van der Waals surface area contributed by atoms with Crippen LogP contribution in [0.1, 0.15) is 0 Å². The smallest absolute Gasteiger partial charge is 0.293 e. The van der Waals surface area contributed by atoms with Crippen LogP contribution in [0.4, 0.5) is 17.4 Å². The van der Waals surface area contributed by atoms with Crippen molar-refractivity contribution in [3.05, 3.63) is 72.8 Å². The number of aromatic nitrogens is 1. The van der Waals surface area contributed by atoms with E-state index in [2.05, 4.69) is 15.2 Å². The van der Waals surface area contributed by atoms with Gasteiger partial charge in [-0.05, 0) is 35.9 Å². The number of hydrogen-bond acceptors (Lipinski definition) is 5. The van der Waals surface area contributed by atoms with Crippen LogP contribution >= 0.6 is 0 Å². The maximum atomic E-state index is 5.65. The van der Waals surface area contributed by atoms with Gasteiger partial charge in [0, 0.05) is 5.56 Å². The van der Waals surface area contributed by atoms with Gasteiger partial charge in [-0.1, -0.05) is 42.5 Å². The number of nitrogen functional groups attached to an aromatic ring is 1. The number of oxazole rings is 1. The van der Waals surface area contributed by atoms with Crippen molar-refractivity contribution in [2.24, 2.45) is 10.2 Å². The summed E-state index contributed by atoms with van der Waals surface area (Å²) in [5.41, 5.74) is 10.7. The molecule has 0 aliphatic heterocycles. The molecule has 1 heterocycles. The van der Waals surface area contributed by atoms with Gasteiger partial charge in [0.25, 0.3) is 6.01 Å². The van der Waals surface area contributed by atoms with Crippen LogP contribution in [-0.2, 0) is 0 Å². The number of fused-ring (bicyclic) bond motifs is 1. The highest BCUT2D eigenvalue weighted by Crippen LogP contribution is 2.30. The molecule has 0 radical (unpaired) electrons. The highest BCUT2D eigenvalue weighted by atomic mass is 16.4. The van der Waals surface area contributed by atoms with Crippen LogP contribution in [0.5, 0.6) is 0 Å². The quantitative estimate of drug-likeness (QED) is 0.508. The van der Waals surface area contributed by atoms with E-state index >= 15 is 0 Å². The molecule has 3 aromatic carbocycles. The average Bonchev–Trinajstić information content (AvgIpc) is 3.01. The van der Waals surface area contributed by atoms with E-state index in [0.29, 0.717) is 5.58 Å². The molecule has 5 nitrogen and oxygen atoms in total. The van der Waals surface area contributed by atoms with E-state index in [4.69, 9.17) is 10.2 Å². The molecule has 1 aromatic heterocycles. The molecule has 0 aliphatic rings. The van der Waals surface area contributed by atoms with Crippen molar-refractivity contribution in [3.8, 4) is 11.1 Å². The summed E-state index contributed by atoms with van der Waals surface area (Å²) in [5.74, 6) is 0. The molecular formula is C19H14N4O. The molecule has 0 aliphatic carbocycles. The Bertz CT molecular complexity index is 1000.